The Balaban J connectivity index is 1.78. The van der Waals surface area contributed by atoms with E-state index >= 15 is 0 Å². The second-order valence-corrected chi connectivity index (χ2v) is 7.35. The van der Waals surface area contributed by atoms with Crippen molar-refractivity contribution in [3.8, 4) is 0 Å². The molecule has 2 heterocycles. The lowest BCUT2D eigenvalue weighted by Crippen LogP contribution is -2.23. The number of carbonyl (C=O) groups is 2. The third-order valence-corrected chi connectivity index (χ3v) is 5.76. The highest BCUT2D eigenvalue weighted by Gasteiger charge is 2.37. The largest absolute Gasteiger partial charge is 0.311 e. The van der Waals surface area contributed by atoms with Gasteiger partial charge in [-0.25, -0.2) is 4.99 Å². The number of hydrogen-bond donors (Lipinski definition) is 1. The lowest BCUT2D eigenvalue weighted by Gasteiger charge is -2.08. The molecule has 0 spiro atoms. The fraction of sp³-hybridized carbons (Fsp3) is 0.105. The predicted octanol–water partition coefficient (Wildman–Crippen LogP) is 3.89. The van der Waals surface area contributed by atoms with E-state index in [0.29, 0.717) is 26.4 Å². The maximum atomic E-state index is 12.7. The number of hydrogen-bond acceptors (Lipinski definition) is 4. The number of para-hydroxylation sites is 1. The van der Waals surface area contributed by atoms with Crippen LogP contribution in [0.5, 0.6) is 0 Å². The summed E-state index contributed by atoms with van der Waals surface area (Å²) in [5, 5.41) is 3.79. The van der Waals surface area contributed by atoms with Crippen LogP contribution in [0.3, 0.4) is 0 Å². The molecule has 0 radical (unpaired) electrons. The minimum absolute atomic E-state index is 0.191. The van der Waals surface area contributed by atoms with Crippen molar-refractivity contribution >= 4 is 57.3 Å². The number of halogens is 1. The van der Waals surface area contributed by atoms with Crippen molar-refractivity contribution in [1.82, 2.24) is 5.32 Å². The molecule has 26 heavy (non-hydrogen) atoms. The number of rotatable bonds is 1. The van der Waals surface area contributed by atoms with Crippen molar-refractivity contribution in [3.63, 3.8) is 0 Å². The van der Waals surface area contributed by atoms with Gasteiger partial charge in [0.15, 0.2) is 5.17 Å². The van der Waals surface area contributed by atoms with Crippen LogP contribution < -0.4 is 10.2 Å². The zero-order valence-electron chi connectivity index (χ0n) is 14.0. The van der Waals surface area contributed by atoms with E-state index < -0.39 is 0 Å². The van der Waals surface area contributed by atoms with Gasteiger partial charge in [-0.15, -0.1) is 0 Å². The summed E-state index contributed by atoms with van der Waals surface area (Å²) in [6, 6.07) is 12.9. The molecule has 0 bridgehead atoms. The first-order valence-electron chi connectivity index (χ1n) is 7.92. The van der Waals surface area contributed by atoms with Gasteiger partial charge in [-0.3, -0.25) is 9.59 Å². The lowest BCUT2D eigenvalue weighted by atomic mass is 10.1. The standard InChI is InChI=1S/C19H14ClN3O2S/c1-10-12(20)7-5-8-13(10)21-19-22-17(24)16(26-19)15-11-6-3-4-9-14(11)23(2)18(15)25/h3-9H,1-2H3,(H,21,22,24). The maximum absolute atomic E-state index is 12.7. The molecule has 1 N–H and O–H groups in total. The molecule has 0 aliphatic carbocycles. The van der Waals surface area contributed by atoms with Crippen LogP contribution in [0.15, 0.2) is 52.4 Å². The van der Waals surface area contributed by atoms with Crippen LogP contribution in [0, 0.1) is 6.92 Å². The van der Waals surface area contributed by atoms with Crippen LogP contribution in [0.4, 0.5) is 11.4 Å². The molecule has 2 amide bonds. The zero-order valence-corrected chi connectivity index (χ0v) is 15.6. The summed E-state index contributed by atoms with van der Waals surface area (Å²) in [4.78, 5) is 31.6. The molecule has 130 valence electrons. The number of nitrogens with one attached hydrogen (secondary N) is 1. The van der Waals surface area contributed by atoms with Gasteiger partial charge >= 0.3 is 0 Å². The number of aliphatic imine (C=N–C) groups is 1. The number of thioether (sulfide) groups is 1. The van der Waals surface area contributed by atoms with E-state index in [9.17, 15) is 9.59 Å². The highest BCUT2D eigenvalue weighted by molar-refractivity contribution is 8.18. The molecule has 2 aromatic carbocycles. The van der Waals surface area contributed by atoms with Gasteiger partial charge in [0.2, 0.25) is 0 Å². The maximum Gasteiger partial charge on any atom is 0.264 e. The Morgan fingerprint density at radius 3 is 2.69 bits per heavy atom. The van der Waals surface area contributed by atoms with Crippen LogP contribution in [0.25, 0.3) is 5.57 Å². The Bertz CT molecular complexity index is 1030. The van der Waals surface area contributed by atoms with Gasteiger partial charge in [-0.05, 0) is 42.4 Å². The van der Waals surface area contributed by atoms with Crippen LogP contribution in [-0.2, 0) is 9.59 Å². The van der Waals surface area contributed by atoms with E-state index in [4.69, 9.17) is 11.6 Å². The van der Waals surface area contributed by atoms with Gasteiger partial charge in [0.25, 0.3) is 11.8 Å². The van der Waals surface area contributed by atoms with Crippen molar-refractivity contribution in [1.29, 1.82) is 0 Å². The van der Waals surface area contributed by atoms with Gasteiger partial charge < -0.3 is 10.2 Å². The summed E-state index contributed by atoms with van der Waals surface area (Å²) < 4.78 is 0. The summed E-state index contributed by atoms with van der Waals surface area (Å²) in [7, 11) is 1.70. The van der Waals surface area contributed by atoms with Gasteiger partial charge in [-0.1, -0.05) is 35.9 Å². The van der Waals surface area contributed by atoms with Crippen molar-refractivity contribution in [2.24, 2.45) is 4.99 Å². The number of likely N-dealkylation sites (N-methyl/N-ethyl adjacent to an activating group) is 1. The summed E-state index contributed by atoms with van der Waals surface area (Å²) in [5.41, 5.74) is 3.49. The van der Waals surface area contributed by atoms with E-state index in [1.54, 1.807) is 24.1 Å². The van der Waals surface area contributed by atoms with Crippen LogP contribution in [0.1, 0.15) is 11.1 Å². The minimum atomic E-state index is -0.318. The smallest absolute Gasteiger partial charge is 0.264 e. The summed E-state index contributed by atoms with van der Waals surface area (Å²) in [5.74, 6) is -0.508. The number of benzene rings is 2. The van der Waals surface area contributed by atoms with Crippen LogP contribution in [0.2, 0.25) is 5.02 Å². The van der Waals surface area contributed by atoms with Crippen molar-refractivity contribution in [2.45, 2.75) is 6.92 Å². The second-order valence-electron chi connectivity index (χ2n) is 5.94. The van der Waals surface area contributed by atoms with Crippen molar-refractivity contribution < 1.29 is 9.59 Å². The molecule has 4 rings (SSSR count). The lowest BCUT2D eigenvalue weighted by molar-refractivity contribution is -0.116. The van der Waals surface area contributed by atoms with Crippen molar-refractivity contribution in [3.05, 3.63) is 63.5 Å². The van der Waals surface area contributed by atoms with Gasteiger partial charge in [0.1, 0.15) is 0 Å². The SMILES string of the molecule is Cc1c(Cl)cccc1N=C1NC(=O)C(=C2C(=O)N(C)c3ccccc32)S1. The fourth-order valence-electron chi connectivity index (χ4n) is 2.95. The number of amides is 2. The third-order valence-electron chi connectivity index (χ3n) is 4.37. The Morgan fingerprint density at radius 1 is 1.12 bits per heavy atom. The molecule has 0 saturated carbocycles. The topological polar surface area (TPSA) is 61.8 Å². The molecule has 1 fully saturated rings. The number of anilines is 1. The Hall–Kier alpha value is -2.57. The summed E-state index contributed by atoms with van der Waals surface area (Å²) in [6.45, 7) is 1.87. The third kappa shape index (κ3) is 2.62. The van der Waals surface area contributed by atoms with E-state index in [0.717, 1.165) is 16.8 Å². The molecule has 2 aliphatic rings. The summed E-state index contributed by atoms with van der Waals surface area (Å²) >= 11 is 7.30. The first-order valence-corrected chi connectivity index (χ1v) is 9.11. The van der Waals surface area contributed by atoms with Gasteiger partial charge in [-0.2, -0.15) is 0 Å². The molecule has 0 atom stereocenters. The first kappa shape index (κ1) is 16.9. The Morgan fingerprint density at radius 2 is 1.88 bits per heavy atom. The number of nitrogens with zero attached hydrogens (tertiary/aromatic N) is 2. The molecule has 0 aromatic heterocycles. The molecule has 1 saturated heterocycles. The predicted molar refractivity (Wildman–Crippen MR) is 106 cm³/mol. The average molecular weight is 384 g/mol. The molecule has 7 heteroatoms. The number of fused-ring (bicyclic) bond motifs is 1. The van der Waals surface area contributed by atoms with Gasteiger partial charge in [0, 0.05) is 17.6 Å². The highest BCUT2D eigenvalue weighted by Crippen LogP contribution is 2.42. The molecular formula is C19H14ClN3O2S. The van der Waals surface area contributed by atoms with Gasteiger partial charge in [0.05, 0.1) is 21.9 Å². The number of carbonyl (C=O) groups excluding carboxylic acids is 2. The summed E-state index contributed by atoms with van der Waals surface area (Å²) in [6.07, 6.45) is 0. The Labute approximate surface area is 159 Å². The van der Waals surface area contributed by atoms with E-state index in [-0.39, 0.29) is 11.8 Å². The molecular weight excluding hydrogens is 370 g/mol. The average Bonchev–Trinajstić information content (AvgIpc) is 3.10. The second kappa shape index (κ2) is 6.30. The van der Waals surface area contributed by atoms with Crippen LogP contribution in [-0.4, -0.2) is 24.0 Å². The van der Waals surface area contributed by atoms with E-state index in [1.165, 1.54) is 11.8 Å². The number of amidine groups is 1. The highest BCUT2D eigenvalue weighted by atomic mass is 35.5. The molecule has 2 aromatic rings. The quantitative estimate of drug-likeness (QED) is 0.760. The van der Waals surface area contributed by atoms with Crippen molar-refractivity contribution in [2.75, 3.05) is 11.9 Å². The molecule has 0 unspecified atom stereocenters. The zero-order chi connectivity index (χ0) is 18.4. The first-order chi connectivity index (χ1) is 12.5. The Kier molecular flexibility index (Phi) is 4.09. The normalized spacial score (nSPS) is 20.7. The van der Waals surface area contributed by atoms with E-state index in [2.05, 4.69) is 10.3 Å². The minimum Gasteiger partial charge on any atom is -0.311 e. The van der Waals surface area contributed by atoms with E-state index in [1.807, 2.05) is 37.3 Å². The monoisotopic (exact) mass is 383 g/mol. The molecule has 2 aliphatic heterocycles. The molecule has 5 nitrogen and oxygen atoms in total. The fourth-order valence-corrected chi connectivity index (χ4v) is 4.05. The van der Waals surface area contributed by atoms with Crippen LogP contribution >= 0.6 is 23.4 Å².